The van der Waals surface area contributed by atoms with E-state index in [-0.39, 0.29) is 11.9 Å². The Morgan fingerprint density at radius 1 is 1.32 bits per heavy atom. The Kier molecular flexibility index (Phi) is 6.32. The first-order valence-electron chi connectivity index (χ1n) is 9.56. The molecule has 1 amide bonds. The molecule has 5 nitrogen and oxygen atoms in total. The Hall–Kier alpha value is -1.59. The molecule has 138 valence electrons. The standard InChI is InChI=1S/C20H31N3O2/c1-15-7-3-5-9-17(15)22-20(24)14-23-12-11-21-13-18(23)16-8-4-6-10-19(16)25-2/h4,6,8,10,15,17-18,21H,3,5,7,9,11-14H2,1-2H3,(H,22,24). The zero-order valence-electron chi connectivity index (χ0n) is 15.5. The van der Waals surface area contributed by atoms with Crippen LogP contribution in [-0.4, -0.2) is 50.1 Å². The first kappa shape index (κ1) is 18.2. The molecule has 0 spiro atoms. The lowest BCUT2D eigenvalue weighted by atomic mass is 9.86. The lowest BCUT2D eigenvalue weighted by molar-refractivity contribution is -0.124. The molecule has 2 fully saturated rings. The number of nitrogens with one attached hydrogen (secondary N) is 2. The lowest BCUT2D eigenvalue weighted by Crippen LogP contribution is -2.51. The number of amides is 1. The summed E-state index contributed by atoms with van der Waals surface area (Å²) in [6.07, 6.45) is 4.86. The van der Waals surface area contributed by atoms with E-state index in [1.54, 1.807) is 7.11 Å². The minimum absolute atomic E-state index is 0.153. The van der Waals surface area contributed by atoms with E-state index < -0.39 is 0 Å². The summed E-state index contributed by atoms with van der Waals surface area (Å²) in [4.78, 5) is 14.9. The van der Waals surface area contributed by atoms with E-state index in [0.29, 0.717) is 18.5 Å². The number of hydrogen-bond donors (Lipinski definition) is 2. The highest BCUT2D eigenvalue weighted by molar-refractivity contribution is 5.78. The third kappa shape index (κ3) is 4.53. The van der Waals surface area contributed by atoms with Gasteiger partial charge in [-0.3, -0.25) is 9.69 Å². The third-order valence-corrected chi connectivity index (χ3v) is 5.66. The molecule has 3 atom stereocenters. The number of carbonyl (C=O) groups is 1. The molecule has 1 aliphatic carbocycles. The molecule has 3 rings (SSSR count). The Labute approximate surface area is 151 Å². The number of nitrogens with zero attached hydrogens (tertiary/aromatic N) is 1. The molecule has 1 aromatic carbocycles. The minimum Gasteiger partial charge on any atom is -0.496 e. The average molecular weight is 345 g/mol. The van der Waals surface area contributed by atoms with Crippen LogP contribution in [0.4, 0.5) is 0 Å². The minimum atomic E-state index is 0.153. The molecule has 1 saturated carbocycles. The molecular weight excluding hydrogens is 314 g/mol. The predicted molar refractivity (Wildman–Crippen MR) is 99.7 cm³/mol. The van der Waals surface area contributed by atoms with Crippen molar-refractivity contribution in [1.29, 1.82) is 0 Å². The van der Waals surface area contributed by atoms with Crippen molar-refractivity contribution in [2.24, 2.45) is 5.92 Å². The topological polar surface area (TPSA) is 53.6 Å². The van der Waals surface area contributed by atoms with Gasteiger partial charge in [0.15, 0.2) is 0 Å². The maximum absolute atomic E-state index is 12.7. The molecule has 3 unspecified atom stereocenters. The number of benzene rings is 1. The summed E-state index contributed by atoms with van der Waals surface area (Å²) >= 11 is 0. The second-order valence-electron chi connectivity index (χ2n) is 7.37. The van der Waals surface area contributed by atoms with E-state index in [4.69, 9.17) is 4.74 Å². The summed E-state index contributed by atoms with van der Waals surface area (Å²) in [5.41, 5.74) is 1.15. The predicted octanol–water partition coefficient (Wildman–Crippen LogP) is 2.34. The molecule has 5 heteroatoms. The average Bonchev–Trinajstić information content (AvgIpc) is 2.64. The fraction of sp³-hybridized carbons (Fsp3) is 0.650. The molecular formula is C20H31N3O2. The molecule has 1 aromatic rings. The normalized spacial score (nSPS) is 27.7. The van der Waals surface area contributed by atoms with Gasteiger partial charge >= 0.3 is 0 Å². The van der Waals surface area contributed by atoms with E-state index in [9.17, 15) is 4.79 Å². The fourth-order valence-corrected chi connectivity index (χ4v) is 4.15. The van der Waals surface area contributed by atoms with Crippen LogP contribution in [0.5, 0.6) is 5.75 Å². The van der Waals surface area contributed by atoms with Crippen LogP contribution in [0.1, 0.15) is 44.2 Å². The first-order chi connectivity index (χ1) is 12.2. The Balaban J connectivity index is 1.65. The Morgan fingerprint density at radius 3 is 2.92 bits per heavy atom. The van der Waals surface area contributed by atoms with Gasteiger partial charge in [0.1, 0.15) is 5.75 Å². The van der Waals surface area contributed by atoms with Crippen molar-refractivity contribution in [2.45, 2.75) is 44.7 Å². The molecule has 1 aliphatic heterocycles. The van der Waals surface area contributed by atoms with Crippen LogP contribution >= 0.6 is 0 Å². The Morgan fingerprint density at radius 2 is 2.12 bits per heavy atom. The highest BCUT2D eigenvalue weighted by Gasteiger charge is 2.29. The SMILES string of the molecule is COc1ccccc1C1CNCCN1CC(=O)NC1CCCCC1C. The number of methoxy groups -OCH3 is 1. The third-order valence-electron chi connectivity index (χ3n) is 5.66. The van der Waals surface area contributed by atoms with E-state index >= 15 is 0 Å². The van der Waals surface area contributed by atoms with E-state index in [1.165, 1.54) is 19.3 Å². The van der Waals surface area contributed by atoms with Gasteiger partial charge in [0.25, 0.3) is 0 Å². The second kappa shape index (κ2) is 8.68. The zero-order chi connectivity index (χ0) is 17.6. The van der Waals surface area contributed by atoms with Crippen LogP contribution in [0, 0.1) is 5.92 Å². The van der Waals surface area contributed by atoms with Crippen LogP contribution in [0.25, 0.3) is 0 Å². The van der Waals surface area contributed by atoms with Crippen LogP contribution in [0.3, 0.4) is 0 Å². The zero-order valence-corrected chi connectivity index (χ0v) is 15.5. The first-order valence-corrected chi connectivity index (χ1v) is 9.56. The molecule has 25 heavy (non-hydrogen) atoms. The number of carbonyl (C=O) groups excluding carboxylic acids is 1. The number of para-hydroxylation sites is 1. The van der Waals surface area contributed by atoms with Gasteiger partial charge in [0.2, 0.25) is 5.91 Å². The van der Waals surface area contributed by atoms with Crippen molar-refractivity contribution in [3.05, 3.63) is 29.8 Å². The molecule has 1 heterocycles. The lowest BCUT2D eigenvalue weighted by Gasteiger charge is -2.37. The number of ether oxygens (including phenoxy) is 1. The van der Waals surface area contributed by atoms with Gasteiger partial charge in [-0.1, -0.05) is 38.0 Å². The molecule has 0 aromatic heterocycles. The van der Waals surface area contributed by atoms with Gasteiger partial charge in [-0.15, -0.1) is 0 Å². The number of piperazine rings is 1. The largest absolute Gasteiger partial charge is 0.496 e. The van der Waals surface area contributed by atoms with Crippen LogP contribution in [0.2, 0.25) is 0 Å². The summed E-state index contributed by atoms with van der Waals surface area (Å²) in [5, 5.41) is 6.73. The fourth-order valence-electron chi connectivity index (χ4n) is 4.15. The molecule has 0 radical (unpaired) electrons. The molecule has 0 bridgehead atoms. The van der Waals surface area contributed by atoms with Crippen molar-refractivity contribution in [3.63, 3.8) is 0 Å². The van der Waals surface area contributed by atoms with Gasteiger partial charge in [-0.25, -0.2) is 0 Å². The summed E-state index contributed by atoms with van der Waals surface area (Å²) in [7, 11) is 1.70. The second-order valence-corrected chi connectivity index (χ2v) is 7.37. The molecule has 2 aliphatic rings. The Bertz CT molecular complexity index is 578. The van der Waals surface area contributed by atoms with E-state index in [0.717, 1.165) is 37.4 Å². The van der Waals surface area contributed by atoms with Crippen molar-refractivity contribution < 1.29 is 9.53 Å². The van der Waals surface area contributed by atoms with Crippen LogP contribution < -0.4 is 15.4 Å². The summed E-state index contributed by atoms with van der Waals surface area (Å²) in [5.74, 6) is 1.63. The summed E-state index contributed by atoms with van der Waals surface area (Å²) in [6, 6.07) is 8.62. The van der Waals surface area contributed by atoms with Crippen molar-refractivity contribution in [3.8, 4) is 5.75 Å². The highest BCUT2D eigenvalue weighted by Crippen LogP contribution is 2.30. The summed E-state index contributed by atoms with van der Waals surface area (Å²) < 4.78 is 5.53. The van der Waals surface area contributed by atoms with E-state index in [2.05, 4.69) is 28.5 Å². The van der Waals surface area contributed by atoms with Crippen molar-refractivity contribution in [2.75, 3.05) is 33.3 Å². The smallest absolute Gasteiger partial charge is 0.234 e. The highest BCUT2D eigenvalue weighted by atomic mass is 16.5. The van der Waals surface area contributed by atoms with Crippen molar-refractivity contribution in [1.82, 2.24) is 15.5 Å². The maximum Gasteiger partial charge on any atom is 0.234 e. The van der Waals surface area contributed by atoms with Gasteiger partial charge < -0.3 is 15.4 Å². The van der Waals surface area contributed by atoms with Gasteiger partial charge in [-0.05, 0) is 24.8 Å². The summed E-state index contributed by atoms with van der Waals surface area (Å²) in [6.45, 7) is 5.34. The van der Waals surface area contributed by atoms with Gasteiger partial charge in [-0.2, -0.15) is 0 Å². The van der Waals surface area contributed by atoms with E-state index in [1.807, 2.05) is 18.2 Å². The number of rotatable bonds is 5. The maximum atomic E-state index is 12.7. The van der Waals surface area contributed by atoms with Crippen molar-refractivity contribution >= 4 is 5.91 Å². The quantitative estimate of drug-likeness (QED) is 0.860. The number of hydrogen-bond acceptors (Lipinski definition) is 4. The molecule has 2 N–H and O–H groups in total. The van der Waals surface area contributed by atoms with Crippen LogP contribution in [0.15, 0.2) is 24.3 Å². The van der Waals surface area contributed by atoms with Gasteiger partial charge in [0, 0.05) is 31.2 Å². The monoisotopic (exact) mass is 345 g/mol. The van der Waals surface area contributed by atoms with Gasteiger partial charge in [0.05, 0.1) is 19.7 Å². The van der Waals surface area contributed by atoms with Crippen LogP contribution in [-0.2, 0) is 4.79 Å². The molecule has 1 saturated heterocycles.